The van der Waals surface area contributed by atoms with Gasteiger partial charge in [0.1, 0.15) is 26.4 Å². The predicted molar refractivity (Wildman–Crippen MR) is 303 cm³/mol. The van der Waals surface area contributed by atoms with Crippen LogP contribution in [0.15, 0.2) is 146 Å². The maximum atomic E-state index is 14.2. The number of esters is 10. The molecule has 6 aromatic carbocycles. The molecule has 6 rings (SSSR count). The van der Waals surface area contributed by atoms with Crippen LogP contribution < -0.4 is 0 Å². The van der Waals surface area contributed by atoms with Crippen LogP contribution in [0, 0.1) is 10.8 Å². The van der Waals surface area contributed by atoms with Crippen LogP contribution in [0.4, 0.5) is 0 Å². The zero-order chi connectivity index (χ0) is 62.9. The number of hydrogen-bond acceptors (Lipinski definition) is 23. The molecule has 0 saturated heterocycles. The molecule has 0 unspecified atom stereocenters. The van der Waals surface area contributed by atoms with E-state index in [1.165, 1.54) is 123 Å². The fraction of sp³-hybridized carbons (Fsp3) is 0.281. The minimum Gasteiger partial charge on any atom is -0.465 e. The van der Waals surface area contributed by atoms with Crippen LogP contribution in [-0.4, -0.2) is 155 Å². The van der Waals surface area contributed by atoms with E-state index < -0.39 is 123 Å². The Bertz CT molecular complexity index is 3210. The van der Waals surface area contributed by atoms with E-state index in [2.05, 4.69) is 0 Å². The highest BCUT2D eigenvalue weighted by molar-refractivity contribution is 6.05. The van der Waals surface area contributed by atoms with Gasteiger partial charge in [0.15, 0.2) is 0 Å². The van der Waals surface area contributed by atoms with Crippen LogP contribution in [0.3, 0.4) is 0 Å². The topological polar surface area (TPSA) is 291 Å². The van der Waals surface area contributed by atoms with Crippen LogP contribution in [0.1, 0.15) is 115 Å². The number of carbonyl (C=O) groups excluding carboxylic acids is 10. The highest BCUT2D eigenvalue weighted by Crippen LogP contribution is 2.30. The van der Waals surface area contributed by atoms with Gasteiger partial charge in [-0.2, -0.15) is 0 Å². The fourth-order valence-electron chi connectivity index (χ4n) is 8.63. The summed E-state index contributed by atoms with van der Waals surface area (Å²) in [4.78, 5) is 134. The molecule has 0 N–H and O–H groups in total. The van der Waals surface area contributed by atoms with Crippen molar-refractivity contribution in [1.29, 1.82) is 0 Å². The Balaban J connectivity index is 1.49. The van der Waals surface area contributed by atoms with Crippen molar-refractivity contribution in [3.05, 3.63) is 212 Å². The molecule has 23 heteroatoms. The minimum atomic E-state index is -2.02. The van der Waals surface area contributed by atoms with E-state index in [-0.39, 0.29) is 68.8 Å². The molecule has 0 amide bonds. The second kappa shape index (κ2) is 32.3. The van der Waals surface area contributed by atoms with E-state index in [9.17, 15) is 47.9 Å². The third-order valence-corrected chi connectivity index (χ3v) is 13.2. The predicted octanol–water partition coefficient (Wildman–Crippen LogP) is 7.56. The minimum absolute atomic E-state index is 0.140. The Kier molecular flexibility index (Phi) is 24.5. The van der Waals surface area contributed by atoms with Gasteiger partial charge in [-0.1, -0.05) is 84.9 Å². The summed E-state index contributed by atoms with van der Waals surface area (Å²) in [7, 11) is 6.85. The number of carbonyl (C=O) groups is 10. The summed E-state index contributed by atoms with van der Waals surface area (Å²) < 4.78 is 72.9. The summed E-state index contributed by atoms with van der Waals surface area (Å²) in [5, 5.41) is 0. The van der Waals surface area contributed by atoms with Crippen LogP contribution in [0.25, 0.3) is 0 Å². The summed E-state index contributed by atoms with van der Waals surface area (Å²) in [5.74, 6) is -9.25. The molecule has 87 heavy (non-hydrogen) atoms. The molecule has 0 spiro atoms. The molecule has 0 fully saturated rings. The molecule has 456 valence electrons. The molecular weight excluding hydrogens is 1140 g/mol. The van der Waals surface area contributed by atoms with Gasteiger partial charge in [-0.15, -0.1) is 0 Å². The average molecular weight is 1200 g/mol. The van der Waals surface area contributed by atoms with Gasteiger partial charge < -0.3 is 61.6 Å². The van der Waals surface area contributed by atoms with Gasteiger partial charge in [-0.05, 0) is 71.8 Å². The first-order chi connectivity index (χ1) is 42.0. The van der Waals surface area contributed by atoms with Gasteiger partial charge in [0.05, 0.1) is 149 Å². The Morgan fingerprint density at radius 3 is 0.667 bits per heavy atom. The Morgan fingerprint density at radius 2 is 0.425 bits per heavy atom. The largest absolute Gasteiger partial charge is 0.465 e. The second-order valence-electron chi connectivity index (χ2n) is 19.2. The number of hydrogen-bond donors (Lipinski definition) is 0. The van der Waals surface area contributed by atoms with Crippen molar-refractivity contribution in [2.45, 2.75) is 13.2 Å². The summed E-state index contributed by atoms with van der Waals surface area (Å²) in [6.07, 6.45) is 0. The third-order valence-electron chi connectivity index (χ3n) is 13.2. The standard InChI is InChI=1S/C64H62O23/c1-75-53(65)43-21-9-7-19-41(43)31-81-33-63(34-82-32-42-20-8-10-22-44(42)54(66)76-2,37-84-59(71)49-27-15-11-23-45(49)55(67)77-3)35-83-36-64(38-85-60(72)50-28-16-12-24-46(50)56(68)78-4,39-86-61(73)51-29-17-13-25-47(51)57(69)79-5)40-87-62(74)52-30-18-14-26-48(52)58(70)80-6/h7-30H,31-40H2,1-6H3. The molecule has 0 aliphatic rings. The Hall–Kier alpha value is -10.1. The zero-order valence-electron chi connectivity index (χ0n) is 48.3. The fourth-order valence-corrected chi connectivity index (χ4v) is 8.63. The molecule has 0 heterocycles. The van der Waals surface area contributed by atoms with Crippen molar-refractivity contribution < 1.29 is 110 Å². The molecule has 0 bridgehead atoms. The van der Waals surface area contributed by atoms with Gasteiger partial charge in [0.2, 0.25) is 0 Å². The van der Waals surface area contributed by atoms with Crippen LogP contribution in [0.5, 0.6) is 0 Å². The van der Waals surface area contributed by atoms with Crippen molar-refractivity contribution in [2.75, 3.05) is 95.5 Å². The first-order valence-electron chi connectivity index (χ1n) is 26.4. The molecule has 23 nitrogen and oxygen atoms in total. The van der Waals surface area contributed by atoms with Gasteiger partial charge >= 0.3 is 59.7 Å². The number of ether oxygens (including phenoxy) is 13. The third kappa shape index (κ3) is 17.5. The van der Waals surface area contributed by atoms with Crippen molar-refractivity contribution in [3.63, 3.8) is 0 Å². The molecule has 0 saturated carbocycles. The van der Waals surface area contributed by atoms with Crippen molar-refractivity contribution >= 4 is 59.7 Å². The van der Waals surface area contributed by atoms with E-state index in [1.54, 1.807) is 36.4 Å². The highest BCUT2D eigenvalue weighted by atomic mass is 16.6. The first kappa shape index (κ1) is 66.0. The van der Waals surface area contributed by atoms with Crippen molar-refractivity contribution in [2.24, 2.45) is 10.8 Å². The summed E-state index contributed by atoms with van der Waals surface area (Å²) in [6, 6.07) is 35.1. The highest BCUT2D eigenvalue weighted by Gasteiger charge is 2.41. The monoisotopic (exact) mass is 1200 g/mol. The molecule has 6 aromatic rings. The lowest BCUT2D eigenvalue weighted by atomic mass is 9.90. The number of rotatable bonds is 30. The summed E-state index contributed by atoms with van der Waals surface area (Å²) >= 11 is 0. The van der Waals surface area contributed by atoms with E-state index in [4.69, 9.17) is 61.6 Å². The quantitative estimate of drug-likeness (QED) is 0.0310. The van der Waals surface area contributed by atoms with Gasteiger partial charge in [0.25, 0.3) is 0 Å². The van der Waals surface area contributed by atoms with Crippen LogP contribution in [0.2, 0.25) is 0 Å². The van der Waals surface area contributed by atoms with Crippen molar-refractivity contribution in [1.82, 2.24) is 0 Å². The van der Waals surface area contributed by atoms with E-state index in [1.807, 2.05) is 0 Å². The van der Waals surface area contributed by atoms with E-state index in [0.717, 1.165) is 28.4 Å². The van der Waals surface area contributed by atoms with Gasteiger partial charge in [-0.3, -0.25) is 0 Å². The molecule has 0 aromatic heterocycles. The summed E-state index contributed by atoms with van der Waals surface area (Å²) in [6.45, 7) is -5.96. The normalized spacial score (nSPS) is 11.0. The molecule has 0 atom stereocenters. The lowest BCUT2D eigenvalue weighted by molar-refractivity contribution is -0.127. The maximum Gasteiger partial charge on any atom is 0.339 e. The van der Waals surface area contributed by atoms with Gasteiger partial charge in [0, 0.05) is 0 Å². The van der Waals surface area contributed by atoms with E-state index in [0.29, 0.717) is 11.1 Å². The SMILES string of the molecule is COC(=O)c1ccccc1COCC(COCc1ccccc1C(=O)OC)(COCC(COC(=O)c1ccccc1C(=O)OC)(COC(=O)c1ccccc1C(=O)OC)COC(=O)c1ccccc1C(=O)OC)COC(=O)c1ccccc1C(=O)OC. The zero-order valence-corrected chi connectivity index (χ0v) is 48.3. The average Bonchev–Trinajstić information content (AvgIpc) is 3.71. The van der Waals surface area contributed by atoms with E-state index >= 15 is 0 Å². The van der Waals surface area contributed by atoms with Gasteiger partial charge in [-0.25, -0.2) is 47.9 Å². The molecule has 0 aliphatic carbocycles. The Labute approximate surface area is 499 Å². The maximum absolute atomic E-state index is 14.2. The second-order valence-corrected chi connectivity index (χ2v) is 19.2. The Morgan fingerprint density at radius 1 is 0.241 bits per heavy atom. The smallest absolute Gasteiger partial charge is 0.339 e. The van der Waals surface area contributed by atoms with Crippen molar-refractivity contribution in [3.8, 4) is 0 Å². The molecule has 0 radical (unpaired) electrons. The molecule has 0 aliphatic heterocycles. The number of benzene rings is 6. The summed E-state index contributed by atoms with van der Waals surface area (Å²) in [5.41, 5.74) is -4.37. The lowest BCUT2D eigenvalue weighted by Gasteiger charge is -2.36. The first-order valence-corrected chi connectivity index (χ1v) is 26.4. The lowest BCUT2D eigenvalue weighted by Crippen LogP contribution is -2.47. The van der Waals surface area contributed by atoms with Crippen LogP contribution in [-0.2, 0) is 74.8 Å². The van der Waals surface area contributed by atoms with Crippen LogP contribution >= 0.6 is 0 Å². The molecular formula is C64H62O23. The number of methoxy groups -OCH3 is 6.